The Hall–Kier alpha value is -0.780. The molecule has 2 rings (SSSR count). The molecule has 0 spiro atoms. The highest BCUT2D eigenvalue weighted by atomic mass is 32.1. The van der Waals surface area contributed by atoms with Crippen LogP contribution in [0.3, 0.4) is 0 Å². The maximum Gasteiger partial charge on any atom is 0.109 e. The molecule has 2 heterocycles. The van der Waals surface area contributed by atoms with Crippen molar-refractivity contribution in [2.75, 3.05) is 0 Å². The third-order valence-corrected chi connectivity index (χ3v) is 5.37. The molecule has 2 aromatic heterocycles. The molecule has 0 aliphatic rings. The number of aryl methyl sites for hydroxylation is 3. The van der Waals surface area contributed by atoms with Crippen molar-refractivity contribution >= 4 is 22.7 Å². The average Bonchev–Trinajstić information content (AvgIpc) is 2.95. The second-order valence-corrected chi connectivity index (χ2v) is 7.36. The van der Waals surface area contributed by atoms with Gasteiger partial charge in [0.15, 0.2) is 0 Å². The Morgan fingerprint density at radius 1 is 1.21 bits per heavy atom. The molecule has 2 aromatic rings. The molecule has 1 N–H and O–H groups in total. The van der Waals surface area contributed by atoms with E-state index in [2.05, 4.69) is 49.9 Å². The van der Waals surface area contributed by atoms with Gasteiger partial charge < -0.3 is 5.32 Å². The van der Waals surface area contributed by atoms with Crippen molar-refractivity contribution in [1.29, 1.82) is 0 Å². The van der Waals surface area contributed by atoms with Gasteiger partial charge >= 0.3 is 0 Å². The van der Waals surface area contributed by atoms with E-state index in [0.717, 1.165) is 16.4 Å². The lowest BCUT2D eigenvalue weighted by Gasteiger charge is -2.17. The van der Waals surface area contributed by atoms with Crippen molar-refractivity contribution in [3.63, 3.8) is 0 Å². The summed E-state index contributed by atoms with van der Waals surface area (Å²) >= 11 is 3.56. The first kappa shape index (κ1) is 14.6. The number of hydrogen-bond donors (Lipinski definition) is 1. The van der Waals surface area contributed by atoms with Crippen LogP contribution in [0.2, 0.25) is 0 Å². The van der Waals surface area contributed by atoms with Crippen LogP contribution in [0.1, 0.15) is 58.3 Å². The van der Waals surface area contributed by atoms with E-state index >= 15 is 0 Å². The first-order valence-electron chi connectivity index (χ1n) is 6.65. The lowest BCUT2D eigenvalue weighted by atomic mass is 10.2. The molecule has 2 unspecified atom stereocenters. The van der Waals surface area contributed by atoms with Gasteiger partial charge in [-0.05, 0) is 34.1 Å². The van der Waals surface area contributed by atoms with E-state index in [-0.39, 0.29) is 12.1 Å². The Labute approximate surface area is 123 Å². The second-order valence-electron chi connectivity index (χ2n) is 4.80. The summed E-state index contributed by atoms with van der Waals surface area (Å²) < 4.78 is 0. The first-order valence-corrected chi connectivity index (χ1v) is 8.29. The molecule has 0 bridgehead atoms. The first-order chi connectivity index (χ1) is 9.01. The van der Waals surface area contributed by atoms with E-state index in [1.54, 1.807) is 22.7 Å². The van der Waals surface area contributed by atoms with Crippen LogP contribution in [0.25, 0.3) is 0 Å². The summed E-state index contributed by atoms with van der Waals surface area (Å²) in [6.07, 6.45) is 3.05. The molecule has 0 aliphatic carbocycles. The van der Waals surface area contributed by atoms with Crippen molar-refractivity contribution in [1.82, 2.24) is 15.3 Å². The van der Waals surface area contributed by atoms with E-state index in [0.29, 0.717) is 0 Å². The largest absolute Gasteiger partial charge is 0.300 e. The van der Waals surface area contributed by atoms with Gasteiger partial charge in [0.2, 0.25) is 0 Å². The Morgan fingerprint density at radius 3 is 2.47 bits per heavy atom. The van der Waals surface area contributed by atoms with Crippen molar-refractivity contribution in [3.05, 3.63) is 31.7 Å². The minimum atomic E-state index is 0.258. The minimum Gasteiger partial charge on any atom is -0.300 e. The summed E-state index contributed by atoms with van der Waals surface area (Å²) in [6.45, 7) is 10.7. The molecule has 0 aliphatic heterocycles. The minimum absolute atomic E-state index is 0.258. The molecule has 3 nitrogen and oxygen atoms in total. The summed E-state index contributed by atoms with van der Waals surface area (Å²) in [6, 6.07) is 0.524. The SMILES string of the molecule is CCc1cnc(C(C)NC(C)c2nc(C)sc2C)s1. The van der Waals surface area contributed by atoms with Gasteiger partial charge in [-0.3, -0.25) is 0 Å². The summed E-state index contributed by atoms with van der Waals surface area (Å²) in [4.78, 5) is 11.8. The molecule has 0 saturated heterocycles. The normalized spacial score (nSPS) is 14.6. The van der Waals surface area contributed by atoms with Crippen LogP contribution in [0.5, 0.6) is 0 Å². The highest BCUT2D eigenvalue weighted by molar-refractivity contribution is 7.11. The Bertz CT molecular complexity index is 545. The monoisotopic (exact) mass is 295 g/mol. The number of aromatic nitrogens is 2. The predicted molar refractivity (Wildman–Crippen MR) is 83.0 cm³/mol. The molecule has 0 fully saturated rings. The van der Waals surface area contributed by atoms with Gasteiger partial charge in [-0.1, -0.05) is 6.92 Å². The summed E-state index contributed by atoms with van der Waals surface area (Å²) in [5.41, 5.74) is 1.17. The molecule has 5 heteroatoms. The molecule has 19 heavy (non-hydrogen) atoms. The van der Waals surface area contributed by atoms with Gasteiger partial charge in [-0.15, -0.1) is 22.7 Å². The quantitative estimate of drug-likeness (QED) is 0.898. The Morgan fingerprint density at radius 2 is 1.95 bits per heavy atom. The average molecular weight is 295 g/mol. The van der Waals surface area contributed by atoms with Crippen molar-refractivity contribution in [2.24, 2.45) is 0 Å². The zero-order chi connectivity index (χ0) is 14.0. The zero-order valence-corrected chi connectivity index (χ0v) is 13.8. The summed E-state index contributed by atoms with van der Waals surface area (Å²) in [5, 5.41) is 5.89. The van der Waals surface area contributed by atoms with Crippen LogP contribution in [-0.2, 0) is 6.42 Å². The van der Waals surface area contributed by atoms with Gasteiger partial charge in [0.1, 0.15) is 5.01 Å². The van der Waals surface area contributed by atoms with Crippen LogP contribution in [0, 0.1) is 13.8 Å². The predicted octanol–water partition coefficient (Wildman–Crippen LogP) is 4.19. The maximum atomic E-state index is 4.62. The zero-order valence-electron chi connectivity index (χ0n) is 12.2. The van der Waals surface area contributed by atoms with E-state index in [4.69, 9.17) is 0 Å². The fourth-order valence-electron chi connectivity index (χ4n) is 2.16. The standard InChI is InChI=1S/C14H21N3S2/c1-6-12-7-15-14(19-12)9(3)16-8(2)13-10(4)18-11(5)17-13/h7-9,16H,6H2,1-5H3. The van der Waals surface area contributed by atoms with Crippen LogP contribution in [-0.4, -0.2) is 9.97 Å². The number of thiazole rings is 2. The summed E-state index contributed by atoms with van der Waals surface area (Å²) in [7, 11) is 0. The third-order valence-electron chi connectivity index (χ3n) is 3.14. The van der Waals surface area contributed by atoms with Gasteiger partial charge in [-0.25, -0.2) is 9.97 Å². The third kappa shape index (κ3) is 3.41. The van der Waals surface area contributed by atoms with Crippen LogP contribution < -0.4 is 5.32 Å². The number of rotatable bonds is 5. The van der Waals surface area contributed by atoms with Crippen LogP contribution in [0.4, 0.5) is 0 Å². The molecule has 0 aromatic carbocycles. The Kier molecular flexibility index (Phi) is 4.71. The maximum absolute atomic E-state index is 4.62. The fourth-order valence-corrected chi connectivity index (χ4v) is 3.94. The molecular weight excluding hydrogens is 274 g/mol. The second kappa shape index (κ2) is 6.11. The highest BCUT2D eigenvalue weighted by Crippen LogP contribution is 2.26. The van der Waals surface area contributed by atoms with Crippen LogP contribution >= 0.6 is 22.7 Å². The fraction of sp³-hybridized carbons (Fsp3) is 0.571. The van der Waals surface area contributed by atoms with Crippen LogP contribution in [0.15, 0.2) is 6.20 Å². The highest BCUT2D eigenvalue weighted by Gasteiger charge is 2.17. The lowest BCUT2D eigenvalue weighted by molar-refractivity contribution is 0.484. The smallest absolute Gasteiger partial charge is 0.109 e. The number of hydrogen-bond acceptors (Lipinski definition) is 5. The topological polar surface area (TPSA) is 37.8 Å². The van der Waals surface area contributed by atoms with Gasteiger partial charge in [-0.2, -0.15) is 0 Å². The molecule has 0 radical (unpaired) electrons. The van der Waals surface area contributed by atoms with Crippen molar-refractivity contribution < 1.29 is 0 Å². The van der Waals surface area contributed by atoms with E-state index in [9.17, 15) is 0 Å². The van der Waals surface area contributed by atoms with E-state index < -0.39 is 0 Å². The van der Waals surface area contributed by atoms with Gasteiger partial charge in [0.05, 0.1) is 16.7 Å². The van der Waals surface area contributed by atoms with Gasteiger partial charge in [0.25, 0.3) is 0 Å². The van der Waals surface area contributed by atoms with Gasteiger partial charge in [0, 0.05) is 22.0 Å². The number of nitrogens with one attached hydrogen (secondary N) is 1. The molecule has 2 atom stereocenters. The van der Waals surface area contributed by atoms with E-state index in [1.165, 1.54) is 15.4 Å². The lowest BCUT2D eigenvalue weighted by Crippen LogP contribution is -2.23. The van der Waals surface area contributed by atoms with E-state index in [1.807, 2.05) is 6.20 Å². The van der Waals surface area contributed by atoms with Crippen molar-refractivity contribution in [3.8, 4) is 0 Å². The molecule has 0 saturated carbocycles. The molecule has 0 amide bonds. The Balaban J connectivity index is 2.06. The summed E-state index contributed by atoms with van der Waals surface area (Å²) in [5.74, 6) is 0. The molecule has 104 valence electrons. The molecular formula is C14H21N3S2. The number of nitrogens with zero attached hydrogens (tertiary/aromatic N) is 2. The van der Waals surface area contributed by atoms with Crippen molar-refractivity contribution in [2.45, 2.75) is 53.1 Å².